The van der Waals surface area contributed by atoms with Gasteiger partial charge in [0.05, 0.1) is 22.9 Å². The molecule has 0 amide bonds. The van der Waals surface area contributed by atoms with Gasteiger partial charge >= 0.3 is 0 Å². The molecule has 0 aliphatic rings. The smallest absolute Gasteiger partial charge is 0.0979 e. The molecule has 0 spiro atoms. The second kappa shape index (κ2) is 8.89. The van der Waals surface area contributed by atoms with E-state index in [1.807, 2.05) is 18.3 Å². The zero-order valence-electron chi connectivity index (χ0n) is 20.1. The van der Waals surface area contributed by atoms with Gasteiger partial charge in [0.15, 0.2) is 0 Å². The lowest BCUT2D eigenvalue weighted by Gasteiger charge is -2.25. The van der Waals surface area contributed by atoms with Crippen molar-refractivity contribution in [3.8, 4) is 11.3 Å². The van der Waals surface area contributed by atoms with Gasteiger partial charge < -0.3 is 4.90 Å². The average molecular weight is 474 g/mol. The zero-order chi connectivity index (χ0) is 24.6. The van der Waals surface area contributed by atoms with Crippen LogP contribution in [0.3, 0.4) is 0 Å². The van der Waals surface area contributed by atoms with Crippen molar-refractivity contribution in [1.29, 1.82) is 0 Å². The summed E-state index contributed by atoms with van der Waals surface area (Å²) in [5.74, 6) is 0. The molecule has 7 rings (SSSR count). The number of anilines is 3. The molecule has 6 aromatic carbocycles. The van der Waals surface area contributed by atoms with Crippen LogP contribution >= 0.6 is 0 Å². The second-order valence-corrected chi connectivity index (χ2v) is 9.10. The predicted molar refractivity (Wildman–Crippen MR) is 155 cm³/mol. The number of nitrogens with zero attached hydrogens (tertiary/aromatic N) is 3. The van der Waals surface area contributed by atoms with Crippen LogP contribution in [-0.2, 0) is 0 Å². The monoisotopic (exact) mass is 473 g/mol. The topological polar surface area (TPSA) is 29.0 Å². The summed E-state index contributed by atoms with van der Waals surface area (Å²) >= 11 is 0. The van der Waals surface area contributed by atoms with Gasteiger partial charge in [-0.15, -0.1) is 0 Å². The fourth-order valence-corrected chi connectivity index (χ4v) is 5.14. The molecule has 0 aliphatic carbocycles. The van der Waals surface area contributed by atoms with E-state index >= 15 is 0 Å². The number of hydrogen-bond donors (Lipinski definition) is 0. The Kier molecular flexibility index (Phi) is 5.11. The number of benzene rings is 6. The molecule has 0 aliphatic heterocycles. The largest absolute Gasteiger partial charge is 0.311 e. The molecule has 0 fully saturated rings. The van der Waals surface area contributed by atoms with Crippen molar-refractivity contribution in [2.75, 3.05) is 4.90 Å². The third-order valence-electron chi connectivity index (χ3n) is 6.88. The van der Waals surface area contributed by atoms with Gasteiger partial charge in [-0.25, -0.2) is 4.98 Å². The third-order valence-corrected chi connectivity index (χ3v) is 6.88. The summed E-state index contributed by atoms with van der Waals surface area (Å²) in [5, 5.41) is 4.67. The van der Waals surface area contributed by atoms with Crippen molar-refractivity contribution in [3.05, 3.63) is 140 Å². The van der Waals surface area contributed by atoms with Crippen molar-refractivity contribution in [1.82, 2.24) is 9.97 Å². The maximum Gasteiger partial charge on any atom is 0.0979 e. The summed E-state index contributed by atoms with van der Waals surface area (Å²) in [5.41, 5.74) is 7.10. The van der Waals surface area contributed by atoms with Crippen LogP contribution in [0.15, 0.2) is 140 Å². The SMILES string of the molecule is c1ccc(N(c2ccccc2)c2ccc(-c3cnc4c5ccccc5c5ccccc5c4n3)cc2)cc1. The summed E-state index contributed by atoms with van der Waals surface area (Å²) in [4.78, 5) is 12.3. The van der Waals surface area contributed by atoms with Gasteiger partial charge in [-0.2, -0.15) is 0 Å². The van der Waals surface area contributed by atoms with Gasteiger partial charge in [0.25, 0.3) is 0 Å². The van der Waals surface area contributed by atoms with Crippen molar-refractivity contribution >= 4 is 49.6 Å². The summed E-state index contributed by atoms with van der Waals surface area (Å²) in [6, 6.07) is 46.4. The Labute approximate surface area is 215 Å². The zero-order valence-corrected chi connectivity index (χ0v) is 20.1. The van der Waals surface area contributed by atoms with Crippen molar-refractivity contribution in [2.24, 2.45) is 0 Å². The number of hydrogen-bond acceptors (Lipinski definition) is 3. The van der Waals surface area contributed by atoms with Gasteiger partial charge in [-0.3, -0.25) is 4.98 Å². The average Bonchev–Trinajstić information content (AvgIpc) is 2.99. The van der Waals surface area contributed by atoms with Crippen molar-refractivity contribution in [3.63, 3.8) is 0 Å². The van der Waals surface area contributed by atoms with Crippen LogP contribution in [-0.4, -0.2) is 9.97 Å². The lowest BCUT2D eigenvalue weighted by atomic mass is 9.99. The molecule has 0 bridgehead atoms. The molecular weight excluding hydrogens is 450 g/mol. The van der Waals surface area contributed by atoms with Gasteiger partial charge in [-0.05, 0) is 47.2 Å². The molecule has 7 aromatic rings. The number of fused-ring (bicyclic) bond motifs is 6. The highest BCUT2D eigenvalue weighted by Gasteiger charge is 2.14. The van der Waals surface area contributed by atoms with Gasteiger partial charge in [-0.1, -0.05) is 97.1 Å². The standard InChI is InChI=1S/C34H23N3/c1-3-11-25(12-4-1)37(26-13-5-2-6-14-26)27-21-19-24(20-22-27)32-23-35-33-30-17-9-7-15-28(30)29-16-8-10-18-31(29)34(33)36-32/h1-23H. The summed E-state index contributed by atoms with van der Waals surface area (Å²) < 4.78 is 0. The van der Waals surface area contributed by atoms with E-state index in [1.165, 1.54) is 10.8 Å². The first-order valence-corrected chi connectivity index (χ1v) is 12.4. The quantitative estimate of drug-likeness (QED) is 0.239. The molecule has 3 heteroatoms. The summed E-state index contributed by atoms with van der Waals surface area (Å²) in [7, 11) is 0. The maximum atomic E-state index is 5.14. The molecule has 0 unspecified atom stereocenters. The lowest BCUT2D eigenvalue weighted by Crippen LogP contribution is -2.09. The predicted octanol–water partition coefficient (Wildman–Crippen LogP) is 9.07. The van der Waals surface area contributed by atoms with Gasteiger partial charge in [0.2, 0.25) is 0 Å². The Morgan fingerprint density at radius 3 is 1.43 bits per heavy atom. The molecule has 37 heavy (non-hydrogen) atoms. The maximum absolute atomic E-state index is 5.14. The van der Waals surface area contributed by atoms with E-state index < -0.39 is 0 Å². The van der Waals surface area contributed by atoms with Crippen molar-refractivity contribution < 1.29 is 0 Å². The molecular formula is C34H23N3. The Morgan fingerprint density at radius 2 is 0.865 bits per heavy atom. The highest BCUT2D eigenvalue weighted by Crippen LogP contribution is 2.36. The van der Waals surface area contributed by atoms with E-state index in [-0.39, 0.29) is 0 Å². The van der Waals surface area contributed by atoms with Crippen LogP contribution in [0, 0.1) is 0 Å². The summed E-state index contributed by atoms with van der Waals surface area (Å²) in [6.45, 7) is 0. The minimum absolute atomic E-state index is 0.866. The fraction of sp³-hybridized carbons (Fsp3) is 0. The van der Waals surface area contributed by atoms with Crippen LogP contribution in [0.4, 0.5) is 17.1 Å². The molecule has 0 saturated heterocycles. The molecule has 1 aromatic heterocycles. The van der Waals surface area contributed by atoms with E-state index in [0.717, 1.165) is 50.1 Å². The molecule has 1 heterocycles. The van der Waals surface area contributed by atoms with E-state index in [9.17, 15) is 0 Å². The molecule has 174 valence electrons. The minimum atomic E-state index is 0.866. The lowest BCUT2D eigenvalue weighted by molar-refractivity contribution is 1.27. The van der Waals surface area contributed by atoms with Gasteiger partial charge in [0, 0.05) is 33.4 Å². The minimum Gasteiger partial charge on any atom is -0.311 e. The first-order valence-electron chi connectivity index (χ1n) is 12.4. The van der Waals surface area contributed by atoms with E-state index in [1.54, 1.807) is 0 Å². The summed E-state index contributed by atoms with van der Waals surface area (Å²) in [6.07, 6.45) is 1.89. The normalized spacial score (nSPS) is 11.2. The van der Waals surface area contributed by atoms with Crippen LogP contribution in [0.25, 0.3) is 43.8 Å². The van der Waals surface area contributed by atoms with Crippen LogP contribution in [0.5, 0.6) is 0 Å². The van der Waals surface area contributed by atoms with Gasteiger partial charge in [0.1, 0.15) is 0 Å². The van der Waals surface area contributed by atoms with Crippen LogP contribution < -0.4 is 4.90 Å². The van der Waals surface area contributed by atoms with Crippen LogP contribution in [0.2, 0.25) is 0 Å². The van der Waals surface area contributed by atoms with Crippen molar-refractivity contribution in [2.45, 2.75) is 0 Å². The molecule has 0 atom stereocenters. The molecule has 3 nitrogen and oxygen atoms in total. The number of rotatable bonds is 4. The first-order chi connectivity index (χ1) is 18.4. The van der Waals surface area contributed by atoms with E-state index in [2.05, 4.69) is 126 Å². The fourth-order valence-electron chi connectivity index (χ4n) is 5.14. The van der Waals surface area contributed by atoms with E-state index in [0.29, 0.717) is 0 Å². The van der Waals surface area contributed by atoms with Crippen LogP contribution in [0.1, 0.15) is 0 Å². The number of aromatic nitrogens is 2. The first kappa shape index (κ1) is 21.3. The van der Waals surface area contributed by atoms with E-state index in [4.69, 9.17) is 9.97 Å². The third kappa shape index (κ3) is 3.69. The molecule has 0 saturated carbocycles. The Morgan fingerprint density at radius 1 is 0.405 bits per heavy atom. The Balaban J connectivity index is 1.35. The number of para-hydroxylation sites is 2. The molecule has 0 N–H and O–H groups in total. The highest BCUT2D eigenvalue weighted by molar-refractivity contribution is 6.23. The second-order valence-electron chi connectivity index (χ2n) is 9.10. The Hall–Kier alpha value is -5.02. The highest BCUT2D eigenvalue weighted by atomic mass is 15.1. The molecule has 0 radical (unpaired) electrons. The Bertz CT molecular complexity index is 1790.